The van der Waals surface area contributed by atoms with Gasteiger partial charge in [0.15, 0.2) is 11.4 Å². The average molecular weight is 235 g/mol. The molecule has 6 nitrogen and oxygen atoms in total. The number of fused-ring (bicyclic) bond motifs is 1. The van der Waals surface area contributed by atoms with Crippen LogP contribution in [0, 0.1) is 0 Å². The maximum Gasteiger partial charge on any atom is 0.419 e. The molecule has 1 N–H and O–H groups in total. The van der Waals surface area contributed by atoms with E-state index in [2.05, 4.69) is 0 Å². The number of Topliss-reactive ketones (excluding diaryl/α,β-unsaturated/α-hetero) is 1. The van der Waals surface area contributed by atoms with Crippen LogP contribution in [-0.2, 0) is 11.8 Å². The topological polar surface area (TPSA) is 89.5 Å². The van der Waals surface area contributed by atoms with Crippen LogP contribution in [0.15, 0.2) is 27.4 Å². The Labute approximate surface area is 95.1 Å². The molecule has 2 aromatic rings. The third-order valence-electron chi connectivity index (χ3n) is 2.43. The van der Waals surface area contributed by atoms with Gasteiger partial charge in [0.1, 0.15) is 6.42 Å². The van der Waals surface area contributed by atoms with Crippen molar-refractivity contribution in [1.82, 2.24) is 4.57 Å². The molecule has 0 spiro atoms. The first kappa shape index (κ1) is 11.1. The zero-order valence-corrected chi connectivity index (χ0v) is 8.97. The second-order valence-corrected chi connectivity index (χ2v) is 3.60. The van der Waals surface area contributed by atoms with Crippen molar-refractivity contribution in [3.05, 3.63) is 34.3 Å². The third kappa shape index (κ3) is 1.96. The first-order valence-corrected chi connectivity index (χ1v) is 4.83. The molecule has 0 aliphatic heterocycles. The average Bonchev–Trinajstić information content (AvgIpc) is 2.54. The zero-order chi connectivity index (χ0) is 12.6. The normalized spacial score (nSPS) is 10.6. The molecule has 0 unspecified atom stereocenters. The van der Waals surface area contributed by atoms with Crippen molar-refractivity contribution in [2.24, 2.45) is 7.05 Å². The van der Waals surface area contributed by atoms with Gasteiger partial charge in [0.2, 0.25) is 0 Å². The van der Waals surface area contributed by atoms with Crippen molar-refractivity contribution in [1.29, 1.82) is 0 Å². The lowest BCUT2D eigenvalue weighted by atomic mass is 10.1. The highest BCUT2D eigenvalue weighted by atomic mass is 16.4. The number of carbonyl (C=O) groups is 2. The largest absolute Gasteiger partial charge is 0.481 e. The molecule has 0 amide bonds. The Morgan fingerprint density at radius 1 is 1.41 bits per heavy atom. The van der Waals surface area contributed by atoms with E-state index in [1.807, 2.05) is 0 Å². The lowest BCUT2D eigenvalue weighted by Crippen LogP contribution is -2.09. The zero-order valence-electron chi connectivity index (χ0n) is 8.97. The van der Waals surface area contributed by atoms with Gasteiger partial charge in [-0.25, -0.2) is 4.79 Å². The van der Waals surface area contributed by atoms with Gasteiger partial charge in [-0.3, -0.25) is 14.2 Å². The molecular weight excluding hydrogens is 226 g/mol. The van der Waals surface area contributed by atoms with Gasteiger partial charge >= 0.3 is 11.7 Å². The van der Waals surface area contributed by atoms with E-state index in [9.17, 15) is 14.4 Å². The number of aryl methyl sites for hydroxylation is 1. The molecule has 0 aliphatic carbocycles. The van der Waals surface area contributed by atoms with E-state index >= 15 is 0 Å². The van der Waals surface area contributed by atoms with Gasteiger partial charge in [-0.2, -0.15) is 0 Å². The molecule has 0 saturated heterocycles. The fourth-order valence-corrected chi connectivity index (χ4v) is 1.54. The van der Waals surface area contributed by atoms with Gasteiger partial charge in [-0.15, -0.1) is 0 Å². The number of oxazole rings is 1. The molecule has 0 aliphatic rings. The minimum absolute atomic E-state index is 0.247. The standard InChI is InChI=1S/C11H9NO5/c1-12-7-4-6(8(13)5-10(14)15)2-3-9(7)17-11(12)16/h2-4H,5H2,1H3,(H,14,15). The van der Waals surface area contributed by atoms with Crippen LogP contribution in [-0.4, -0.2) is 21.4 Å². The smallest absolute Gasteiger partial charge is 0.419 e. The van der Waals surface area contributed by atoms with Crippen LogP contribution < -0.4 is 5.76 Å². The second kappa shape index (κ2) is 3.89. The number of aliphatic carboxylic acids is 1. The first-order chi connectivity index (χ1) is 7.99. The van der Waals surface area contributed by atoms with Crippen molar-refractivity contribution in [3.63, 3.8) is 0 Å². The van der Waals surface area contributed by atoms with E-state index in [0.717, 1.165) is 0 Å². The van der Waals surface area contributed by atoms with Crippen molar-refractivity contribution in [3.8, 4) is 0 Å². The molecule has 1 aromatic carbocycles. The van der Waals surface area contributed by atoms with Crippen molar-refractivity contribution < 1.29 is 19.1 Å². The molecule has 1 heterocycles. The van der Waals surface area contributed by atoms with Crippen LogP contribution in [0.2, 0.25) is 0 Å². The van der Waals surface area contributed by atoms with Crippen LogP contribution >= 0.6 is 0 Å². The van der Waals surface area contributed by atoms with Gasteiger partial charge < -0.3 is 9.52 Å². The number of rotatable bonds is 3. The van der Waals surface area contributed by atoms with Crippen molar-refractivity contribution in [2.75, 3.05) is 0 Å². The molecule has 88 valence electrons. The highest BCUT2D eigenvalue weighted by Crippen LogP contribution is 2.15. The molecule has 1 aromatic heterocycles. The predicted molar refractivity (Wildman–Crippen MR) is 58.0 cm³/mol. The molecule has 0 saturated carbocycles. The quantitative estimate of drug-likeness (QED) is 0.627. The number of aromatic nitrogens is 1. The SMILES string of the molecule is Cn1c(=O)oc2ccc(C(=O)CC(=O)O)cc21. The van der Waals surface area contributed by atoms with E-state index in [4.69, 9.17) is 9.52 Å². The number of carboxylic acids is 1. The summed E-state index contributed by atoms with van der Waals surface area (Å²) in [4.78, 5) is 33.2. The van der Waals surface area contributed by atoms with Crippen LogP contribution in [0.4, 0.5) is 0 Å². The molecule has 17 heavy (non-hydrogen) atoms. The number of hydrogen-bond acceptors (Lipinski definition) is 4. The molecule has 0 radical (unpaired) electrons. The van der Waals surface area contributed by atoms with E-state index in [-0.39, 0.29) is 5.56 Å². The Kier molecular flexibility index (Phi) is 2.55. The highest BCUT2D eigenvalue weighted by molar-refractivity contribution is 6.06. The molecule has 2 rings (SSSR count). The summed E-state index contributed by atoms with van der Waals surface area (Å²) >= 11 is 0. The van der Waals surface area contributed by atoms with Gasteiger partial charge in [-0.05, 0) is 18.2 Å². The lowest BCUT2D eigenvalue weighted by molar-refractivity contribution is -0.135. The molecular formula is C11H9NO5. The number of carboxylic acid groups (broad SMARTS) is 1. The first-order valence-electron chi connectivity index (χ1n) is 4.83. The Morgan fingerprint density at radius 2 is 2.12 bits per heavy atom. The summed E-state index contributed by atoms with van der Waals surface area (Å²) in [5.74, 6) is -2.22. The van der Waals surface area contributed by atoms with Crippen LogP contribution in [0.5, 0.6) is 0 Å². The fraction of sp³-hybridized carbons (Fsp3) is 0.182. The number of nitrogens with zero attached hydrogens (tertiary/aromatic N) is 1. The number of hydrogen-bond donors (Lipinski definition) is 1. The number of benzene rings is 1. The van der Waals surface area contributed by atoms with Gasteiger partial charge in [0, 0.05) is 12.6 Å². The Hall–Kier alpha value is -2.37. The third-order valence-corrected chi connectivity index (χ3v) is 2.43. The second-order valence-electron chi connectivity index (χ2n) is 3.60. The highest BCUT2D eigenvalue weighted by Gasteiger charge is 2.13. The fourth-order valence-electron chi connectivity index (χ4n) is 1.54. The minimum Gasteiger partial charge on any atom is -0.481 e. The van der Waals surface area contributed by atoms with E-state index in [0.29, 0.717) is 11.1 Å². The Bertz CT molecular complexity index is 664. The molecule has 0 fully saturated rings. The summed E-state index contributed by atoms with van der Waals surface area (Å²) in [6, 6.07) is 4.37. The Balaban J connectivity index is 2.50. The molecule has 6 heteroatoms. The van der Waals surface area contributed by atoms with Crippen molar-refractivity contribution >= 4 is 22.9 Å². The summed E-state index contributed by atoms with van der Waals surface area (Å²) < 4.78 is 6.15. The predicted octanol–water partition coefficient (Wildman–Crippen LogP) is 0.789. The van der Waals surface area contributed by atoms with E-state index in [1.54, 1.807) is 0 Å². The lowest BCUT2D eigenvalue weighted by Gasteiger charge is -1.98. The molecule has 0 bridgehead atoms. The summed E-state index contributed by atoms with van der Waals surface area (Å²) in [6.07, 6.45) is -0.572. The van der Waals surface area contributed by atoms with Crippen LogP contribution in [0.1, 0.15) is 16.8 Å². The minimum atomic E-state index is -1.18. The van der Waals surface area contributed by atoms with Crippen molar-refractivity contribution in [2.45, 2.75) is 6.42 Å². The van der Waals surface area contributed by atoms with Gasteiger partial charge in [0.05, 0.1) is 5.52 Å². The maximum absolute atomic E-state index is 11.5. The van der Waals surface area contributed by atoms with E-state index < -0.39 is 23.9 Å². The summed E-state index contributed by atoms with van der Waals surface area (Å²) in [7, 11) is 1.51. The van der Waals surface area contributed by atoms with Crippen LogP contribution in [0.25, 0.3) is 11.1 Å². The number of ketones is 1. The van der Waals surface area contributed by atoms with Gasteiger partial charge in [0.25, 0.3) is 0 Å². The monoisotopic (exact) mass is 235 g/mol. The maximum atomic E-state index is 11.5. The summed E-state index contributed by atoms with van der Waals surface area (Å²) in [5.41, 5.74) is 1.08. The summed E-state index contributed by atoms with van der Waals surface area (Å²) in [6.45, 7) is 0. The summed E-state index contributed by atoms with van der Waals surface area (Å²) in [5, 5.41) is 8.52. The van der Waals surface area contributed by atoms with Crippen LogP contribution in [0.3, 0.4) is 0 Å². The Morgan fingerprint density at radius 3 is 2.76 bits per heavy atom. The number of carbonyl (C=O) groups excluding carboxylic acids is 1. The van der Waals surface area contributed by atoms with E-state index in [1.165, 1.54) is 29.8 Å². The molecule has 0 atom stereocenters. The van der Waals surface area contributed by atoms with Gasteiger partial charge in [-0.1, -0.05) is 0 Å².